The Kier molecular flexibility index (Phi) is 3.48. The highest BCUT2D eigenvalue weighted by Gasteiger charge is 2.50. The minimum Gasteiger partial charge on any atom is -0.385 e. The Bertz CT molecular complexity index is 510. The van der Waals surface area contributed by atoms with E-state index >= 15 is 0 Å². The van der Waals surface area contributed by atoms with Gasteiger partial charge in [-0.2, -0.15) is 8.42 Å². The number of nitrogens with zero attached hydrogens (tertiary/aromatic N) is 1. The van der Waals surface area contributed by atoms with Gasteiger partial charge in [0.1, 0.15) is 5.82 Å². The average molecular weight is 289 g/mol. The Balaban J connectivity index is 2.44. The van der Waals surface area contributed by atoms with Crippen molar-refractivity contribution in [2.24, 2.45) is 5.73 Å². The zero-order valence-corrected chi connectivity index (χ0v) is 11.6. The van der Waals surface area contributed by atoms with E-state index in [0.717, 1.165) is 38.2 Å². The topological polar surface area (TPSA) is 113 Å². The number of hydrogen-bond acceptors (Lipinski definition) is 5. The van der Waals surface area contributed by atoms with Crippen molar-refractivity contribution < 1.29 is 17.8 Å². The third kappa shape index (κ3) is 2.42. The molecule has 1 saturated carbocycles. The smallest absolute Gasteiger partial charge is 0.308 e. The second kappa shape index (κ2) is 4.68. The summed E-state index contributed by atoms with van der Waals surface area (Å²) in [5.74, 6) is -0.541. The summed E-state index contributed by atoms with van der Waals surface area (Å²) < 4.78 is 32.8. The number of carbonyl (C=O) groups is 1. The quantitative estimate of drug-likeness (QED) is 0.622. The van der Waals surface area contributed by atoms with Crippen LogP contribution in [0.5, 0.6) is 0 Å². The molecule has 8 heteroatoms. The summed E-state index contributed by atoms with van der Waals surface area (Å²) in [6.45, 7) is 1.26. The first-order valence-electron chi connectivity index (χ1n) is 6.31. The van der Waals surface area contributed by atoms with E-state index in [0.29, 0.717) is 0 Å². The van der Waals surface area contributed by atoms with E-state index in [1.807, 2.05) is 0 Å². The van der Waals surface area contributed by atoms with Gasteiger partial charge in [-0.05, 0) is 19.8 Å². The average Bonchev–Trinajstić information content (AvgIpc) is 2.27. The highest BCUT2D eigenvalue weighted by atomic mass is 32.2. The fourth-order valence-corrected chi connectivity index (χ4v) is 3.59. The van der Waals surface area contributed by atoms with Crippen LogP contribution in [0.15, 0.2) is 11.9 Å². The first-order valence-corrected chi connectivity index (χ1v) is 7.75. The lowest BCUT2D eigenvalue weighted by Gasteiger charge is -2.48. The van der Waals surface area contributed by atoms with Crippen molar-refractivity contribution in [3.63, 3.8) is 0 Å². The van der Waals surface area contributed by atoms with Crippen molar-refractivity contribution in [2.75, 3.05) is 0 Å². The predicted molar refractivity (Wildman–Crippen MR) is 69.1 cm³/mol. The van der Waals surface area contributed by atoms with Crippen LogP contribution >= 0.6 is 0 Å². The molecule has 0 radical (unpaired) electrons. The fraction of sp³-hybridized carbons (Fsp3) is 0.727. The molecule has 0 aromatic carbocycles. The summed E-state index contributed by atoms with van der Waals surface area (Å²) in [7, 11) is -4.52. The van der Waals surface area contributed by atoms with Crippen molar-refractivity contribution in [3.8, 4) is 0 Å². The summed E-state index contributed by atoms with van der Waals surface area (Å²) in [6, 6.07) is -0.0995. The molecule has 0 spiro atoms. The van der Waals surface area contributed by atoms with Gasteiger partial charge in [-0.3, -0.25) is 9.35 Å². The van der Waals surface area contributed by atoms with Crippen molar-refractivity contribution in [3.05, 3.63) is 11.9 Å². The molecule has 19 heavy (non-hydrogen) atoms. The minimum absolute atomic E-state index is 0.0794. The molecule has 7 nitrogen and oxygen atoms in total. The van der Waals surface area contributed by atoms with Crippen molar-refractivity contribution in [1.29, 1.82) is 0 Å². The maximum absolute atomic E-state index is 11.7. The molecule has 1 atom stereocenters. The number of hydrogen-bond donors (Lipinski definition) is 3. The fourth-order valence-electron chi connectivity index (χ4n) is 2.86. The van der Waals surface area contributed by atoms with Gasteiger partial charge in [0.05, 0.1) is 0 Å². The summed E-state index contributed by atoms with van der Waals surface area (Å²) in [4.78, 5) is 11.0. The molecular formula is C11H19N3O4S. The molecule has 0 bridgehead atoms. The molecule has 1 aliphatic heterocycles. The van der Waals surface area contributed by atoms with Crippen LogP contribution in [0, 0.1) is 0 Å². The Labute approximate surface area is 112 Å². The Morgan fingerprint density at radius 1 is 1.42 bits per heavy atom. The summed E-state index contributed by atoms with van der Waals surface area (Å²) >= 11 is 0. The van der Waals surface area contributed by atoms with Gasteiger partial charge < -0.3 is 16.0 Å². The van der Waals surface area contributed by atoms with Crippen molar-refractivity contribution >= 4 is 16.0 Å². The molecule has 0 aromatic rings. The van der Waals surface area contributed by atoms with Crippen LogP contribution in [-0.2, 0) is 14.9 Å². The standard InChI is InChI=1S/C11H19N3O4S/c1-11(19(16,17)18)13-10(15)7-9(12)14(11)8-5-3-2-4-6-8/h7-8H,2-6,12H2,1H3,(H,13,15)(H,16,17,18). The van der Waals surface area contributed by atoms with Crippen molar-refractivity contribution in [1.82, 2.24) is 10.2 Å². The molecule has 1 heterocycles. The molecule has 0 aromatic heterocycles. The van der Waals surface area contributed by atoms with E-state index in [-0.39, 0.29) is 11.9 Å². The summed E-state index contributed by atoms with van der Waals surface area (Å²) in [6.07, 6.45) is 5.78. The van der Waals surface area contributed by atoms with E-state index in [9.17, 15) is 17.8 Å². The Hall–Kier alpha value is -1.28. The van der Waals surface area contributed by atoms with Gasteiger partial charge in [-0.25, -0.2) is 0 Å². The number of nitrogens with one attached hydrogen (secondary N) is 1. The first kappa shape index (κ1) is 14.1. The van der Waals surface area contributed by atoms with Gasteiger partial charge in [0, 0.05) is 12.1 Å². The van der Waals surface area contributed by atoms with E-state index in [2.05, 4.69) is 5.32 Å². The lowest BCUT2D eigenvalue weighted by atomic mass is 9.93. The molecule has 1 unspecified atom stereocenters. The van der Waals surface area contributed by atoms with Gasteiger partial charge in [-0.15, -0.1) is 0 Å². The van der Waals surface area contributed by atoms with E-state index in [1.165, 1.54) is 11.8 Å². The highest BCUT2D eigenvalue weighted by Crippen LogP contribution is 2.33. The van der Waals surface area contributed by atoms with Crippen LogP contribution in [0.1, 0.15) is 39.0 Å². The van der Waals surface area contributed by atoms with Gasteiger partial charge in [0.2, 0.25) is 10.9 Å². The second-order valence-corrected chi connectivity index (χ2v) is 6.92. The van der Waals surface area contributed by atoms with Crippen LogP contribution < -0.4 is 11.1 Å². The molecule has 1 fully saturated rings. The number of carbonyl (C=O) groups excluding carboxylic acids is 1. The van der Waals surface area contributed by atoms with Gasteiger partial charge in [0.25, 0.3) is 0 Å². The molecule has 1 amide bonds. The van der Waals surface area contributed by atoms with Crippen LogP contribution in [0.3, 0.4) is 0 Å². The predicted octanol–water partition coefficient (Wildman–Crippen LogP) is 0.113. The van der Waals surface area contributed by atoms with Gasteiger partial charge in [0.15, 0.2) is 0 Å². The summed E-state index contributed by atoms with van der Waals surface area (Å²) in [5.41, 5.74) is 5.82. The Morgan fingerprint density at radius 2 is 2.00 bits per heavy atom. The molecule has 2 rings (SSSR count). The zero-order valence-electron chi connectivity index (χ0n) is 10.8. The number of amides is 1. The molecule has 2 aliphatic rings. The van der Waals surface area contributed by atoms with E-state index < -0.39 is 21.0 Å². The van der Waals surface area contributed by atoms with E-state index in [1.54, 1.807) is 0 Å². The van der Waals surface area contributed by atoms with Crippen LogP contribution in [-0.4, -0.2) is 34.8 Å². The van der Waals surface area contributed by atoms with Crippen LogP contribution in [0.25, 0.3) is 0 Å². The monoisotopic (exact) mass is 289 g/mol. The lowest BCUT2D eigenvalue weighted by Crippen LogP contribution is -2.68. The third-order valence-electron chi connectivity index (χ3n) is 3.81. The first-order chi connectivity index (χ1) is 8.75. The maximum atomic E-state index is 11.7. The second-order valence-electron chi connectivity index (χ2n) is 5.18. The largest absolute Gasteiger partial charge is 0.385 e. The number of rotatable bonds is 2. The SMILES string of the molecule is CC1(S(=O)(=O)O)NC(=O)C=C(N)N1C1CCCCC1. The molecule has 4 N–H and O–H groups in total. The highest BCUT2D eigenvalue weighted by molar-refractivity contribution is 7.87. The Morgan fingerprint density at radius 3 is 2.53 bits per heavy atom. The molecule has 0 saturated heterocycles. The van der Waals surface area contributed by atoms with Gasteiger partial charge in [-0.1, -0.05) is 19.3 Å². The van der Waals surface area contributed by atoms with Crippen LogP contribution in [0.4, 0.5) is 0 Å². The normalized spacial score (nSPS) is 29.9. The van der Waals surface area contributed by atoms with Crippen molar-refractivity contribution in [2.45, 2.75) is 50.1 Å². The molecule has 1 aliphatic carbocycles. The van der Waals surface area contributed by atoms with Gasteiger partial charge >= 0.3 is 10.1 Å². The third-order valence-corrected chi connectivity index (χ3v) is 5.12. The van der Waals surface area contributed by atoms with Crippen LogP contribution in [0.2, 0.25) is 0 Å². The van der Waals surface area contributed by atoms with E-state index in [4.69, 9.17) is 5.73 Å². The minimum atomic E-state index is -4.52. The molecular weight excluding hydrogens is 270 g/mol. The maximum Gasteiger partial charge on any atom is 0.308 e. The zero-order chi connectivity index (χ0) is 14.3. The lowest BCUT2D eigenvalue weighted by molar-refractivity contribution is -0.120. The molecule has 108 valence electrons. The summed E-state index contributed by atoms with van der Waals surface area (Å²) in [5, 5.41) is 2.30. The number of nitrogens with two attached hydrogens (primary N) is 1.